The maximum Gasteiger partial charge on any atom is 0.0227 e. The van der Waals surface area contributed by atoms with Gasteiger partial charge in [0.1, 0.15) is 0 Å². The molecule has 2 unspecified atom stereocenters. The third kappa shape index (κ3) is 1.50. The van der Waals surface area contributed by atoms with Crippen LogP contribution in [0, 0.1) is 6.54 Å². The van der Waals surface area contributed by atoms with Gasteiger partial charge in [0.05, 0.1) is 0 Å². The van der Waals surface area contributed by atoms with E-state index in [9.17, 15) is 0 Å². The Hall–Kier alpha value is -0.0800. The SMILES string of the molecule is C[CH]N1C(C)CNCC1C. The third-order valence-corrected chi connectivity index (χ3v) is 2.20. The molecule has 0 amide bonds. The molecule has 1 fully saturated rings. The number of rotatable bonds is 1. The zero-order valence-corrected chi connectivity index (χ0v) is 7.09. The van der Waals surface area contributed by atoms with Crippen LogP contribution in [0.5, 0.6) is 0 Å². The molecule has 10 heavy (non-hydrogen) atoms. The molecule has 0 bridgehead atoms. The van der Waals surface area contributed by atoms with Crippen molar-refractivity contribution in [3.8, 4) is 0 Å². The molecule has 1 heterocycles. The van der Waals surface area contributed by atoms with Crippen LogP contribution in [0.1, 0.15) is 20.8 Å². The van der Waals surface area contributed by atoms with Crippen molar-refractivity contribution in [1.82, 2.24) is 10.2 Å². The van der Waals surface area contributed by atoms with Crippen molar-refractivity contribution in [3.05, 3.63) is 6.54 Å². The average molecular weight is 141 g/mol. The number of hydrogen-bond acceptors (Lipinski definition) is 2. The lowest BCUT2D eigenvalue weighted by Gasteiger charge is -2.38. The Labute approximate surface area is 63.6 Å². The molecular weight excluding hydrogens is 124 g/mol. The minimum absolute atomic E-state index is 0.661. The molecule has 1 aliphatic heterocycles. The molecule has 1 N–H and O–H groups in total. The minimum atomic E-state index is 0.661. The monoisotopic (exact) mass is 141 g/mol. The number of nitrogens with one attached hydrogen (secondary N) is 1. The maximum absolute atomic E-state index is 3.39. The molecule has 1 aliphatic rings. The highest BCUT2D eigenvalue weighted by molar-refractivity contribution is 4.85. The summed E-state index contributed by atoms with van der Waals surface area (Å²) in [4.78, 5) is 2.41. The normalized spacial score (nSPS) is 36.3. The predicted molar refractivity (Wildman–Crippen MR) is 43.6 cm³/mol. The van der Waals surface area contributed by atoms with Crippen molar-refractivity contribution >= 4 is 0 Å². The van der Waals surface area contributed by atoms with Crippen LogP contribution in [0.15, 0.2) is 0 Å². The highest BCUT2D eigenvalue weighted by Gasteiger charge is 2.22. The lowest BCUT2D eigenvalue weighted by Crippen LogP contribution is -2.53. The molecule has 2 nitrogen and oxygen atoms in total. The maximum atomic E-state index is 3.39. The van der Waals surface area contributed by atoms with Crippen LogP contribution in [0.2, 0.25) is 0 Å². The van der Waals surface area contributed by atoms with Gasteiger partial charge in [0.2, 0.25) is 0 Å². The van der Waals surface area contributed by atoms with Gasteiger partial charge < -0.3 is 5.32 Å². The number of nitrogens with zero attached hydrogens (tertiary/aromatic N) is 1. The van der Waals surface area contributed by atoms with Crippen molar-refractivity contribution in [2.45, 2.75) is 32.9 Å². The Morgan fingerprint density at radius 3 is 2.10 bits per heavy atom. The molecule has 2 atom stereocenters. The fraction of sp³-hybridized carbons (Fsp3) is 0.875. The summed E-state index contributed by atoms with van der Waals surface area (Å²) < 4.78 is 0. The van der Waals surface area contributed by atoms with Crippen molar-refractivity contribution in [2.75, 3.05) is 13.1 Å². The molecule has 0 aromatic rings. The number of hydrogen-bond donors (Lipinski definition) is 1. The second-order valence-electron chi connectivity index (χ2n) is 3.06. The van der Waals surface area contributed by atoms with Crippen LogP contribution in [-0.2, 0) is 0 Å². The molecule has 1 rings (SSSR count). The van der Waals surface area contributed by atoms with E-state index in [1.807, 2.05) is 0 Å². The topological polar surface area (TPSA) is 15.3 Å². The Morgan fingerprint density at radius 1 is 1.30 bits per heavy atom. The van der Waals surface area contributed by atoms with Crippen LogP contribution in [0.3, 0.4) is 0 Å². The first kappa shape index (κ1) is 8.02. The van der Waals surface area contributed by atoms with E-state index in [1.54, 1.807) is 0 Å². The predicted octanol–water partition coefficient (Wildman–Crippen LogP) is 0.850. The zero-order chi connectivity index (χ0) is 7.56. The quantitative estimate of drug-likeness (QED) is 0.582. The lowest BCUT2D eigenvalue weighted by molar-refractivity contribution is 0.156. The summed E-state index contributed by atoms with van der Waals surface area (Å²) in [5.41, 5.74) is 0. The van der Waals surface area contributed by atoms with Crippen molar-refractivity contribution in [1.29, 1.82) is 0 Å². The van der Waals surface area contributed by atoms with Gasteiger partial charge in [-0.25, -0.2) is 0 Å². The Bertz CT molecular complexity index is 93.4. The molecule has 0 aliphatic carbocycles. The molecular formula is C8H17N2. The molecule has 0 aromatic heterocycles. The first-order valence-corrected chi connectivity index (χ1v) is 4.03. The van der Waals surface area contributed by atoms with E-state index in [1.165, 1.54) is 0 Å². The summed E-state index contributed by atoms with van der Waals surface area (Å²) in [5.74, 6) is 0. The van der Waals surface area contributed by atoms with Crippen molar-refractivity contribution in [3.63, 3.8) is 0 Å². The fourth-order valence-electron chi connectivity index (χ4n) is 1.66. The largest absolute Gasteiger partial charge is 0.314 e. The van der Waals surface area contributed by atoms with Gasteiger partial charge >= 0.3 is 0 Å². The van der Waals surface area contributed by atoms with Gasteiger partial charge in [-0.3, -0.25) is 4.90 Å². The van der Waals surface area contributed by atoms with E-state index in [0.29, 0.717) is 12.1 Å². The van der Waals surface area contributed by atoms with Crippen LogP contribution in [0.4, 0.5) is 0 Å². The van der Waals surface area contributed by atoms with E-state index in [4.69, 9.17) is 0 Å². The van der Waals surface area contributed by atoms with Crippen LogP contribution in [0.25, 0.3) is 0 Å². The third-order valence-electron chi connectivity index (χ3n) is 2.20. The molecule has 2 heteroatoms. The highest BCUT2D eigenvalue weighted by Crippen LogP contribution is 2.10. The minimum Gasteiger partial charge on any atom is -0.314 e. The molecule has 59 valence electrons. The summed E-state index contributed by atoms with van der Waals surface area (Å²) in [7, 11) is 0. The first-order chi connectivity index (χ1) is 4.75. The van der Waals surface area contributed by atoms with Gasteiger partial charge in [-0.15, -0.1) is 0 Å². The van der Waals surface area contributed by atoms with Gasteiger partial charge in [-0.2, -0.15) is 0 Å². The average Bonchev–Trinajstić information content (AvgIpc) is 1.88. The summed E-state index contributed by atoms with van der Waals surface area (Å²) in [6.45, 7) is 11.0. The first-order valence-electron chi connectivity index (χ1n) is 4.03. The second-order valence-corrected chi connectivity index (χ2v) is 3.06. The van der Waals surface area contributed by atoms with Gasteiger partial charge in [0.15, 0.2) is 0 Å². The zero-order valence-electron chi connectivity index (χ0n) is 7.09. The van der Waals surface area contributed by atoms with Crippen molar-refractivity contribution < 1.29 is 0 Å². The van der Waals surface area contributed by atoms with Gasteiger partial charge in [0, 0.05) is 31.7 Å². The van der Waals surface area contributed by atoms with Crippen LogP contribution < -0.4 is 5.32 Å². The van der Waals surface area contributed by atoms with E-state index in [-0.39, 0.29) is 0 Å². The van der Waals surface area contributed by atoms with Gasteiger partial charge in [-0.1, -0.05) is 0 Å². The molecule has 0 saturated carbocycles. The Morgan fingerprint density at radius 2 is 1.80 bits per heavy atom. The Kier molecular flexibility index (Phi) is 2.69. The van der Waals surface area contributed by atoms with E-state index < -0.39 is 0 Å². The van der Waals surface area contributed by atoms with E-state index in [2.05, 4.69) is 37.5 Å². The smallest absolute Gasteiger partial charge is 0.0227 e. The summed E-state index contributed by atoms with van der Waals surface area (Å²) in [5, 5.41) is 3.39. The Balaban J connectivity index is 2.45. The van der Waals surface area contributed by atoms with Gasteiger partial charge in [0.25, 0.3) is 0 Å². The van der Waals surface area contributed by atoms with Gasteiger partial charge in [-0.05, 0) is 20.8 Å². The lowest BCUT2D eigenvalue weighted by atomic mass is 10.1. The van der Waals surface area contributed by atoms with Crippen LogP contribution in [-0.4, -0.2) is 30.1 Å². The van der Waals surface area contributed by atoms with E-state index >= 15 is 0 Å². The highest BCUT2D eigenvalue weighted by atomic mass is 15.2. The summed E-state index contributed by atoms with van der Waals surface area (Å²) in [6, 6.07) is 1.32. The molecule has 0 spiro atoms. The molecule has 0 aromatic carbocycles. The summed E-state index contributed by atoms with van der Waals surface area (Å²) >= 11 is 0. The van der Waals surface area contributed by atoms with Crippen LogP contribution >= 0.6 is 0 Å². The fourth-order valence-corrected chi connectivity index (χ4v) is 1.66. The van der Waals surface area contributed by atoms with Crippen molar-refractivity contribution in [2.24, 2.45) is 0 Å². The molecule has 1 radical (unpaired) electrons. The number of piperazine rings is 1. The standard InChI is InChI=1S/C8H17N2/c1-4-10-7(2)5-9-6-8(10)3/h4,7-9H,5-6H2,1-3H3. The molecule has 1 saturated heterocycles. The second kappa shape index (κ2) is 3.35. The summed E-state index contributed by atoms with van der Waals surface area (Å²) in [6.07, 6.45) is 0. The van der Waals surface area contributed by atoms with E-state index in [0.717, 1.165) is 13.1 Å².